The minimum atomic E-state index is 0.0490. The number of nitrogens with one attached hydrogen (secondary N) is 1. The molecule has 1 N–H and O–H groups in total. The Morgan fingerprint density at radius 3 is 2.74 bits per heavy atom. The van der Waals surface area contributed by atoms with E-state index in [2.05, 4.69) is 46.4 Å². The highest BCUT2D eigenvalue weighted by Gasteiger charge is 2.25. The van der Waals surface area contributed by atoms with Gasteiger partial charge in [-0.3, -0.25) is 9.69 Å². The van der Waals surface area contributed by atoms with Crippen LogP contribution in [0.2, 0.25) is 0 Å². The standard InChI is InChI=1S/C15H23N3O/c1-13(19)16-10-15-12-17(2)8-9-18(15)11-14-6-4-3-5-7-14/h3-7,15H,8-12H2,1-2H3,(H,16,19). The number of hydrogen-bond donors (Lipinski definition) is 1. The molecule has 104 valence electrons. The van der Waals surface area contributed by atoms with Crippen LogP contribution in [0.3, 0.4) is 0 Å². The van der Waals surface area contributed by atoms with Crippen LogP contribution in [0, 0.1) is 0 Å². The van der Waals surface area contributed by atoms with Crippen LogP contribution >= 0.6 is 0 Å². The molecule has 0 aromatic heterocycles. The number of carbonyl (C=O) groups is 1. The quantitative estimate of drug-likeness (QED) is 0.876. The summed E-state index contributed by atoms with van der Waals surface area (Å²) in [6, 6.07) is 10.9. The minimum Gasteiger partial charge on any atom is -0.355 e. The van der Waals surface area contributed by atoms with Crippen molar-refractivity contribution in [2.24, 2.45) is 0 Å². The van der Waals surface area contributed by atoms with Crippen LogP contribution in [0.25, 0.3) is 0 Å². The molecule has 0 spiro atoms. The fourth-order valence-electron chi connectivity index (χ4n) is 2.53. The van der Waals surface area contributed by atoms with Crippen LogP contribution < -0.4 is 5.32 Å². The zero-order valence-corrected chi connectivity index (χ0v) is 11.8. The van der Waals surface area contributed by atoms with Gasteiger partial charge in [0.25, 0.3) is 0 Å². The molecule has 1 aliphatic heterocycles. The second kappa shape index (κ2) is 6.68. The van der Waals surface area contributed by atoms with E-state index >= 15 is 0 Å². The largest absolute Gasteiger partial charge is 0.355 e. The van der Waals surface area contributed by atoms with Crippen LogP contribution in [0.15, 0.2) is 30.3 Å². The molecule has 0 bridgehead atoms. The maximum absolute atomic E-state index is 11.1. The Balaban J connectivity index is 1.97. The summed E-state index contributed by atoms with van der Waals surface area (Å²) in [4.78, 5) is 15.9. The highest BCUT2D eigenvalue weighted by atomic mass is 16.1. The molecule has 1 fully saturated rings. The van der Waals surface area contributed by atoms with Gasteiger partial charge in [-0.05, 0) is 12.6 Å². The SMILES string of the molecule is CC(=O)NCC1CN(C)CCN1Cc1ccccc1. The van der Waals surface area contributed by atoms with Gasteiger partial charge in [-0.15, -0.1) is 0 Å². The lowest BCUT2D eigenvalue weighted by Gasteiger charge is -2.40. The molecule has 0 aliphatic carbocycles. The van der Waals surface area contributed by atoms with E-state index in [4.69, 9.17) is 0 Å². The van der Waals surface area contributed by atoms with E-state index in [1.54, 1.807) is 6.92 Å². The maximum atomic E-state index is 11.1. The minimum absolute atomic E-state index is 0.0490. The Morgan fingerprint density at radius 1 is 1.32 bits per heavy atom. The summed E-state index contributed by atoms with van der Waals surface area (Å²) >= 11 is 0. The van der Waals surface area contributed by atoms with E-state index in [9.17, 15) is 4.79 Å². The molecule has 0 radical (unpaired) electrons. The number of likely N-dealkylation sites (N-methyl/N-ethyl adjacent to an activating group) is 1. The van der Waals surface area contributed by atoms with Gasteiger partial charge >= 0.3 is 0 Å². The summed E-state index contributed by atoms with van der Waals surface area (Å²) in [5, 5.41) is 2.94. The molecule has 1 heterocycles. The molecule has 1 atom stereocenters. The third kappa shape index (κ3) is 4.33. The molecule has 4 heteroatoms. The van der Waals surface area contributed by atoms with Crippen molar-refractivity contribution < 1.29 is 4.79 Å². The third-order valence-electron chi connectivity index (χ3n) is 3.62. The Morgan fingerprint density at radius 2 is 2.05 bits per heavy atom. The lowest BCUT2D eigenvalue weighted by molar-refractivity contribution is -0.119. The number of carbonyl (C=O) groups excluding carboxylic acids is 1. The fraction of sp³-hybridized carbons (Fsp3) is 0.533. The van der Waals surface area contributed by atoms with Crippen molar-refractivity contribution in [3.8, 4) is 0 Å². The Bertz CT molecular complexity index is 407. The molecule has 2 rings (SSSR count). The molecule has 19 heavy (non-hydrogen) atoms. The van der Waals surface area contributed by atoms with Crippen molar-refractivity contribution in [1.29, 1.82) is 0 Å². The number of benzene rings is 1. The molecule has 1 saturated heterocycles. The van der Waals surface area contributed by atoms with Crippen LogP contribution in [0.1, 0.15) is 12.5 Å². The first-order valence-corrected chi connectivity index (χ1v) is 6.86. The normalized spacial score (nSPS) is 21.3. The number of amides is 1. The predicted molar refractivity (Wildman–Crippen MR) is 76.8 cm³/mol. The number of nitrogens with zero attached hydrogens (tertiary/aromatic N) is 2. The second-order valence-electron chi connectivity index (χ2n) is 5.31. The zero-order valence-electron chi connectivity index (χ0n) is 11.8. The van der Waals surface area contributed by atoms with Gasteiger partial charge in [0.05, 0.1) is 0 Å². The fourth-order valence-corrected chi connectivity index (χ4v) is 2.53. The Kier molecular flexibility index (Phi) is 4.93. The monoisotopic (exact) mass is 261 g/mol. The van der Waals surface area contributed by atoms with Crippen molar-refractivity contribution in [1.82, 2.24) is 15.1 Å². The average Bonchev–Trinajstić information content (AvgIpc) is 2.40. The Labute approximate surface area is 115 Å². The molecule has 1 aliphatic rings. The van der Waals surface area contributed by atoms with Crippen molar-refractivity contribution in [2.45, 2.75) is 19.5 Å². The van der Waals surface area contributed by atoms with Crippen molar-refractivity contribution >= 4 is 5.91 Å². The lowest BCUT2D eigenvalue weighted by atomic mass is 10.1. The molecule has 1 unspecified atom stereocenters. The van der Waals surface area contributed by atoms with Gasteiger partial charge in [0.1, 0.15) is 0 Å². The van der Waals surface area contributed by atoms with E-state index in [0.29, 0.717) is 6.04 Å². The summed E-state index contributed by atoms with van der Waals surface area (Å²) in [6.07, 6.45) is 0. The van der Waals surface area contributed by atoms with Crippen molar-refractivity contribution in [3.63, 3.8) is 0 Å². The number of piperazine rings is 1. The van der Waals surface area contributed by atoms with Gasteiger partial charge in [0, 0.05) is 45.7 Å². The molecule has 1 amide bonds. The van der Waals surface area contributed by atoms with E-state index in [-0.39, 0.29) is 5.91 Å². The molecule has 4 nitrogen and oxygen atoms in total. The van der Waals surface area contributed by atoms with Gasteiger partial charge in [0.15, 0.2) is 0 Å². The average molecular weight is 261 g/mol. The summed E-state index contributed by atoms with van der Waals surface area (Å²) < 4.78 is 0. The smallest absolute Gasteiger partial charge is 0.216 e. The molecule has 1 aromatic carbocycles. The first-order valence-electron chi connectivity index (χ1n) is 6.86. The highest BCUT2D eigenvalue weighted by molar-refractivity contribution is 5.72. The summed E-state index contributed by atoms with van der Waals surface area (Å²) in [5.41, 5.74) is 1.33. The summed E-state index contributed by atoms with van der Waals surface area (Å²) in [7, 11) is 2.14. The van der Waals surface area contributed by atoms with Crippen molar-refractivity contribution in [3.05, 3.63) is 35.9 Å². The highest BCUT2D eigenvalue weighted by Crippen LogP contribution is 2.12. The van der Waals surface area contributed by atoms with Gasteiger partial charge in [-0.2, -0.15) is 0 Å². The van der Waals surface area contributed by atoms with Gasteiger partial charge in [0.2, 0.25) is 5.91 Å². The lowest BCUT2D eigenvalue weighted by Crippen LogP contribution is -2.55. The molecular formula is C15H23N3O. The first-order chi connectivity index (χ1) is 9.15. The van der Waals surface area contributed by atoms with Crippen LogP contribution in [0.5, 0.6) is 0 Å². The summed E-state index contributed by atoms with van der Waals surface area (Å²) in [5.74, 6) is 0.0490. The van der Waals surface area contributed by atoms with Crippen LogP contribution in [-0.4, -0.2) is 55.0 Å². The number of hydrogen-bond acceptors (Lipinski definition) is 3. The summed E-state index contributed by atoms with van der Waals surface area (Å²) in [6.45, 7) is 6.41. The molecule has 0 saturated carbocycles. The zero-order chi connectivity index (χ0) is 13.7. The van der Waals surface area contributed by atoms with E-state index in [1.807, 2.05) is 6.07 Å². The Hall–Kier alpha value is -1.39. The third-order valence-corrected chi connectivity index (χ3v) is 3.62. The topological polar surface area (TPSA) is 35.6 Å². The van der Waals surface area contributed by atoms with Crippen molar-refractivity contribution in [2.75, 3.05) is 33.2 Å². The predicted octanol–water partition coefficient (Wildman–Crippen LogP) is 0.939. The van der Waals surface area contributed by atoms with Crippen LogP contribution in [0.4, 0.5) is 0 Å². The van der Waals surface area contributed by atoms with E-state index in [1.165, 1.54) is 5.56 Å². The molecule has 1 aromatic rings. The maximum Gasteiger partial charge on any atom is 0.216 e. The first kappa shape index (κ1) is 14.0. The van der Waals surface area contributed by atoms with E-state index in [0.717, 1.165) is 32.7 Å². The van der Waals surface area contributed by atoms with Crippen LogP contribution in [-0.2, 0) is 11.3 Å². The van der Waals surface area contributed by atoms with E-state index < -0.39 is 0 Å². The van der Waals surface area contributed by atoms with Gasteiger partial charge in [-0.1, -0.05) is 30.3 Å². The van der Waals surface area contributed by atoms with Gasteiger partial charge in [-0.25, -0.2) is 0 Å². The second-order valence-corrected chi connectivity index (χ2v) is 5.31. The molecular weight excluding hydrogens is 238 g/mol. The number of rotatable bonds is 4. The van der Waals surface area contributed by atoms with Gasteiger partial charge < -0.3 is 10.2 Å².